The summed E-state index contributed by atoms with van der Waals surface area (Å²) in [5.41, 5.74) is 0.192. The number of hydrogen-bond donors (Lipinski definition) is 2. The third kappa shape index (κ3) is 6.66. The summed E-state index contributed by atoms with van der Waals surface area (Å²) in [7, 11) is 1.49. The predicted molar refractivity (Wildman–Crippen MR) is 177 cm³/mol. The Kier molecular flexibility index (Phi) is 9.42. The van der Waals surface area contributed by atoms with Gasteiger partial charge in [0.1, 0.15) is 11.9 Å². The lowest BCUT2D eigenvalue weighted by atomic mass is 9.91. The standard InChI is InChI=1S/C36H39F3N4O5/c1-7-35(4)19-43(13-14-48-35)23-15-20(2)29(27(37)18-23)32(44)41-28(34(46)47)17-22-10-11-25(31-24(22)9-8-12-40-31)30-26(36(5,38)39)16-21(3)42(6)33(30)45/h8-12,15-16,18,28H,7,13-14,17,19H2,1-6H3,(H,41,44)(H,46,47)/t28-,35-/m0/s1. The summed E-state index contributed by atoms with van der Waals surface area (Å²) in [5.74, 6) is -6.36. The van der Waals surface area contributed by atoms with Crippen LogP contribution in [0.25, 0.3) is 22.0 Å². The van der Waals surface area contributed by atoms with Crippen LogP contribution < -0.4 is 15.8 Å². The lowest BCUT2D eigenvalue weighted by molar-refractivity contribution is -0.139. The van der Waals surface area contributed by atoms with Gasteiger partial charge in [-0.2, -0.15) is 0 Å². The summed E-state index contributed by atoms with van der Waals surface area (Å²) < 4.78 is 52.3. The van der Waals surface area contributed by atoms with Crippen molar-refractivity contribution in [2.75, 3.05) is 24.6 Å². The molecule has 1 fully saturated rings. The zero-order chi connectivity index (χ0) is 35.1. The van der Waals surface area contributed by atoms with Crippen LogP contribution in [0, 0.1) is 19.7 Å². The minimum atomic E-state index is -3.34. The van der Waals surface area contributed by atoms with Crippen LogP contribution in [0.2, 0.25) is 0 Å². The molecule has 1 aliphatic rings. The molecule has 254 valence electrons. The van der Waals surface area contributed by atoms with Crippen molar-refractivity contribution in [1.29, 1.82) is 0 Å². The highest BCUT2D eigenvalue weighted by molar-refractivity contribution is 5.99. The highest BCUT2D eigenvalue weighted by Crippen LogP contribution is 2.37. The van der Waals surface area contributed by atoms with Crippen molar-refractivity contribution in [3.05, 3.63) is 92.8 Å². The average Bonchev–Trinajstić information content (AvgIpc) is 3.02. The largest absolute Gasteiger partial charge is 0.480 e. The molecule has 0 aliphatic carbocycles. The molecule has 3 heterocycles. The van der Waals surface area contributed by atoms with E-state index in [-0.39, 0.29) is 34.2 Å². The van der Waals surface area contributed by atoms with Crippen molar-refractivity contribution in [3.63, 3.8) is 0 Å². The van der Waals surface area contributed by atoms with E-state index in [1.165, 1.54) is 42.1 Å². The van der Waals surface area contributed by atoms with Crippen LogP contribution in [0.3, 0.4) is 0 Å². The number of benzene rings is 2. The average molecular weight is 665 g/mol. The van der Waals surface area contributed by atoms with Crippen LogP contribution in [-0.4, -0.2) is 57.9 Å². The van der Waals surface area contributed by atoms with E-state index in [1.54, 1.807) is 32.0 Å². The van der Waals surface area contributed by atoms with E-state index in [9.17, 15) is 28.3 Å². The Hall–Kier alpha value is -4.71. The van der Waals surface area contributed by atoms with Crippen molar-refractivity contribution in [2.24, 2.45) is 7.05 Å². The number of fused-ring (bicyclic) bond motifs is 1. The molecule has 0 saturated carbocycles. The minimum Gasteiger partial charge on any atom is -0.480 e. The van der Waals surface area contributed by atoms with Crippen molar-refractivity contribution < 1.29 is 32.6 Å². The number of nitrogens with zero attached hydrogens (tertiary/aromatic N) is 3. The Balaban J connectivity index is 1.47. The number of morpholine rings is 1. The van der Waals surface area contributed by atoms with E-state index < -0.39 is 40.8 Å². The van der Waals surface area contributed by atoms with E-state index in [2.05, 4.69) is 10.3 Å². The first-order chi connectivity index (χ1) is 22.5. The number of carbonyl (C=O) groups is 2. The van der Waals surface area contributed by atoms with Crippen LogP contribution in [0.15, 0.2) is 53.5 Å². The maximum Gasteiger partial charge on any atom is 0.326 e. The Morgan fingerprint density at radius 3 is 2.56 bits per heavy atom. The molecule has 9 nitrogen and oxygen atoms in total. The minimum absolute atomic E-state index is 0.166. The topological polar surface area (TPSA) is 114 Å². The number of aryl methyl sites for hydroxylation is 2. The number of rotatable bonds is 9. The molecule has 5 rings (SSSR count). The van der Waals surface area contributed by atoms with Crippen molar-refractivity contribution in [2.45, 2.75) is 65.0 Å². The van der Waals surface area contributed by atoms with Gasteiger partial charge in [0.2, 0.25) is 0 Å². The Morgan fingerprint density at radius 1 is 1.19 bits per heavy atom. The van der Waals surface area contributed by atoms with Crippen LogP contribution >= 0.6 is 0 Å². The maximum absolute atomic E-state index is 15.5. The fourth-order valence-electron chi connectivity index (χ4n) is 6.25. The molecule has 2 aromatic carbocycles. The fourth-order valence-corrected chi connectivity index (χ4v) is 6.25. The molecular weight excluding hydrogens is 625 g/mol. The lowest BCUT2D eigenvalue weighted by Crippen LogP contribution is -2.50. The molecule has 1 aliphatic heterocycles. The number of anilines is 1. The Labute approximate surface area is 276 Å². The predicted octanol–water partition coefficient (Wildman–Crippen LogP) is 5.90. The monoisotopic (exact) mass is 664 g/mol. The second-order valence-electron chi connectivity index (χ2n) is 12.8. The van der Waals surface area contributed by atoms with Gasteiger partial charge in [-0.05, 0) is 62.6 Å². The number of aromatic nitrogens is 2. The van der Waals surface area contributed by atoms with Crippen molar-refractivity contribution in [3.8, 4) is 11.1 Å². The van der Waals surface area contributed by atoms with Gasteiger partial charge < -0.3 is 24.6 Å². The van der Waals surface area contributed by atoms with Crippen molar-refractivity contribution in [1.82, 2.24) is 14.9 Å². The number of halogens is 3. The van der Waals surface area contributed by atoms with Crippen LogP contribution in [0.4, 0.5) is 18.9 Å². The molecule has 12 heteroatoms. The molecular formula is C36H39F3N4O5. The van der Waals surface area contributed by atoms with Gasteiger partial charge in [-0.1, -0.05) is 25.1 Å². The van der Waals surface area contributed by atoms with E-state index in [0.717, 1.165) is 13.3 Å². The van der Waals surface area contributed by atoms with E-state index in [0.29, 0.717) is 47.6 Å². The van der Waals surface area contributed by atoms with E-state index in [4.69, 9.17) is 4.74 Å². The molecule has 0 bridgehead atoms. The van der Waals surface area contributed by atoms with Crippen LogP contribution in [-0.2, 0) is 28.9 Å². The van der Waals surface area contributed by atoms with Gasteiger partial charge in [0.15, 0.2) is 0 Å². The quantitative estimate of drug-likeness (QED) is 0.229. The summed E-state index contributed by atoms with van der Waals surface area (Å²) in [6, 6.07) is 9.02. The number of alkyl halides is 2. The highest BCUT2D eigenvalue weighted by atomic mass is 19.3. The Bertz CT molecular complexity index is 1950. The lowest BCUT2D eigenvalue weighted by Gasteiger charge is -2.41. The third-order valence-electron chi connectivity index (χ3n) is 9.25. The smallest absolute Gasteiger partial charge is 0.326 e. The normalized spacial score (nSPS) is 17.4. The number of ether oxygens (including phenoxy) is 1. The Morgan fingerprint density at radius 2 is 1.92 bits per heavy atom. The molecule has 4 aromatic rings. The molecule has 2 aromatic heterocycles. The van der Waals surface area contributed by atoms with Gasteiger partial charge in [0.05, 0.1) is 28.9 Å². The molecule has 0 unspecified atom stereocenters. The first kappa shape index (κ1) is 34.6. The van der Waals surface area contributed by atoms with E-state index in [1.807, 2.05) is 18.7 Å². The zero-order valence-electron chi connectivity index (χ0n) is 27.8. The van der Waals surface area contributed by atoms with Crippen LogP contribution in [0.1, 0.15) is 59.9 Å². The van der Waals surface area contributed by atoms with Gasteiger partial charge >= 0.3 is 5.97 Å². The fraction of sp³-hybridized carbons (Fsp3) is 0.389. The molecule has 1 saturated heterocycles. The molecule has 0 radical (unpaired) electrons. The summed E-state index contributed by atoms with van der Waals surface area (Å²) in [4.78, 5) is 45.6. The van der Waals surface area contributed by atoms with Crippen molar-refractivity contribution >= 4 is 28.5 Å². The first-order valence-corrected chi connectivity index (χ1v) is 15.7. The number of hydrogen-bond acceptors (Lipinski definition) is 6. The number of carbonyl (C=O) groups excluding carboxylic acids is 1. The number of pyridine rings is 2. The molecule has 48 heavy (non-hydrogen) atoms. The van der Waals surface area contributed by atoms with Gasteiger partial charge in [-0.15, -0.1) is 0 Å². The van der Waals surface area contributed by atoms with Gasteiger partial charge in [-0.3, -0.25) is 14.6 Å². The first-order valence-electron chi connectivity index (χ1n) is 15.7. The second kappa shape index (κ2) is 13.1. The highest BCUT2D eigenvalue weighted by Gasteiger charge is 2.33. The molecule has 0 spiro atoms. The molecule has 2 N–H and O–H groups in total. The zero-order valence-corrected chi connectivity index (χ0v) is 27.8. The van der Waals surface area contributed by atoms with E-state index >= 15 is 4.39 Å². The number of amides is 1. The summed E-state index contributed by atoms with van der Waals surface area (Å²) in [6.07, 6.45) is 1.99. The number of nitrogens with one attached hydrogen (secondary N) is 1. The van der Waals surface area contributed by atoms with Gasteiger partial charge in [-0.25, -0.2) is 18.0 Å². The third-order valence-corrected chi connectivity index (χ3v) is 9.25. The second-order valence-corrected chi connectivity index (χ2v) is 12.8. The number of carboxylic acids is 1. The summed E-state index contributed by atoms with van der Waals surface area (Å²) >= 11 is 0. The van der Waals surface area contributed by atoms with Crippen LogP contribution in [0.5, 0.6) is 0 Å². The molecule has 2 atom stereocenters. The van der Waals surface area contributed by atoms with Gasteiger partial charge in [0.25, 0.3) is 17.4 Å². The van der Waals surface area contributed by atoms with Gasteiger partial charge in [0, 0.05) is 67.6 Å². The molecule has 1 amide bonds. The summed E-state index contributed by atoms with van der Waals surface area (Å²) in [5, 5.41) is 13.0. The SMILES string of the molecule is CC[C@@]1(C)CN(c2cc(C)c(C(=O)N[C@@H](Cc3ccc(-c4c(C(C)(F)F)cc(C)n(C)c4=O)c4ncccc34)C(=O)O)c(F)c2)CCO1. The summed E-state index contributed by atoms with van der Waals surface area (Å²) in [6.45, 7) is 9.48. The maximum atomic E-state index is 15.5. The number of aliphatic carboxylic acids is 1. The number of carboxylic acid groups (broad SMARTS) is 1.